The summed E-state index contributed by atoms with van der Waals surface area (Å²) < 4.78 is 23.9. The minimum atomic E-state index is -1.41. The predicted molar refractivity (Wildman–Crippen MR) is 271 cm³/mol. The third-order valence-corrected chi connectivity index (χ3v) is 14.2. The number of aliphatic imine (C=N–C) groups is 1. The number of benzene rings is 3. The Balaban J connectivity index is 0.834. The number of ether oxygens (including phenoxy) is 4. The highest BCUT2D eigenvalue weighted by Gasteiger charge is 2.46. The Kier molecular flexibility index (Phi) is 16.4. The number of anilines is 2. The number of nitrogens with one attached hydrogen (secondary N) is 1. The van der Waals surface area contributed by atoms with Crippen LogP contribution in [0, 0.1) is 12.8 Å². The van der Waals surface area contributed by atoms with Crippen LogP contribution in [0.2, 0.25) is 0 Å². The molecular weight excluding hydrogens is 921 g/mol. The van der Waals surface area contributed by atoms with Crippen LogP contribution in [-0.4, -0.2) is 126 Å². The van der Waals surface area contributed by atoms with E-state index in [1.807, 2.05) is 38.0 Å². The van der Waals surface area contributed by atoms with Gasteiger partial charge in [-0.15, -0.1) is 0 Å². The van der Waals surface area contributed by atoms with Crippen molar-refractivity contribution < 1.29 is 52.8 Å². The summed E-state index contributed by atoms with van der Waals surface area (Å²) in [5.74, 6) is 0.608. The number of likely N-dealkylation sites (tertiary alicyclic amines) is 1. The lowest BCUT2D eigenvalue weighted by Crippen LogP contribution is -2.50. The molecule has 4 atom stereocenters. The quantitative estimate of drug-likeness (QED) is 0.0628. The van der Waals surface area contributed by atoms with Crippen molar-refractivity contribution in [3.05, 3.63) is 94.1 Å². The Labute approximate surface area is 420 Å². The Morgan fingerprint density at radius 2 is 1.50 bits per heavy atom. The smallest absolute Gasteiger partial charge is 0.416 e. The van der Waals surface area contributed by atoms with Crippen LogP contribution in [0.3, 0.4) is 0 Å². The molecule has 0 spiro atoms. The molecule has 0 radical (unpaired) electrons. The maximum absolute atomic E-state index is 14.2. The lowest BCUT2D eigenvalue weighted by Gasteiger charge is -2.31. The van der Waals surface area contributed by atoms with Gasteiger partial charge in [0, 0.05) is 62.4 Å². The first-order valence-electron chi connectivity index (χ1n) is 25.2. The van der Waals surface area contributed by atoms with E-state index in [-0.39, 0.29) is 72.2 Å². The molecule has 5 amide bonds. The maximum atomic E-state index is 14.2. The van der Waals surface area contributed by atoms with Crippen molar-refractivity contribution in [3.63, 3.8) is 0 Å². The monoisotopic (exact) mass is 986 g/mol. The summed E-state index contributed by atoms with van der Waals surface area (Å²) in [7, 11) is 1.55. The molecule has 5 aliphatic rings. The first kappa shape index (κ1) is 51.3. The number of methoxy groups -OCH3 is 1. The number of unbranched alkanes of at least 4 members (excludes halogenated alkanes) is 4. The van der Waals surface area contributed by atoms with Gasteiger partial charge in [-0.05, 0) is 101 Å². The van der Waals surface area contributed by atoms with Crippen molar-refractivity contribution in [2.45, 2.75) is 117 Å². The summed E-state index contributed by atoms with van der Waals surface area (Å²) in [5, 5.41) is 15.1. The Hall–Kier alpha value is -7.01. The van der Waals surface area contributed by atoms with Crippen molar-refractivity contribution in [1.82, 2.24) is 14.7 Å². The van der Waals surface area contributed by atoms with E-state index in [0.717, 1.165) is 29.7 Å². The fourth-order valence-electron chi connectivity index (χ4n) is 9.94. The largest absolute Gasteiger partial charge is 0.493 e. The highest BCUT2D eigenvalue weighted by Crippen LogP contribution is 2.41. The van der Waals surface area contributed by atoms with E-state index in [1.165, 1.54) is 10.5 Å². The highest BCUT2D eigenvalue weighted by atomic mass is 16.6. The molecule has 72 heavy (non-hydrogen) atoms. The molecule has 1 unspecified atom stereocenters. The van der Waals surface area contributed by atoms with Crippen LogP contribution in [0.4, 0.5) is 21.9 Å². The topological polar surface area (TPSA) is 197 Å². The second-order valence-corrected chi connectivity index (χ2v) is 19.2. The summed E-state index contributed by atoms with van der Waals surface area (Å²) in [6, 6.07) is 13.2. The molecule has 17 nitrogen and oxygen atoms in total. The molecule has 0 bridgehead atoms. The zero-order valence-corrected chi connectivity index (χ0v) is 41.9. The van der Waals surface area contributed by atoms with Crippen LogP contribution < -0.4 is 24.4 Å². The van der Waals surface area contributed by atoms with Gasteiger partial charge in [0.1, 0.15) is 12.4 Å². The molecule has 3 aromatic carbocycles. The van der Waals surface area contributed by atoms with Gasteiger partial charge in [0.15, 0.2) is 23.5 Å². The van der Waals surface area contributed by atoms with Crippen molar-refractivity contribution in [1.29, 1.82) is 0 Å². The minimum Gasteiger partial charge on any atom is -0.493 e. The molecule has 0 saturated carbocycles. The number of amides is 5. The zero-order valence-electron chi connectivity index (χ0n) is 41.9. The molecular formula is C55H66N6O11. The van der Waals surface area contributed by atoms with Gasteiger partial charge >= 0.3 is 6.09 Å². The number of fused-ring (bicyclic) bond motifs is 4. The second-order valence-electron chi connectivity index (χ2n) is 19.2. The van der Waals surface area contributed by atoms with Gasteiger partial charge in [-0.3, -0.25) is 33.9 Å². The maximum Gasteiger partial charge on any atom is 0.416 e. The van der Waals surface area contributed by atoms with Gasteiger partial charge in [-0.1, -0.05) is 48.8 Å². The molecule has 5 aliphatic heterocycles. The lowest BCUT2D eigenvalue weighted by molar-refractivity contribution is -0.139. The van der Waals surface area contributed by atoms with E-state index >= 15 is 0 Å². The van der Waals surface area contributed by atoms with Gasteiger partial charge in [0.25, 0.3) is 11.8 Å². The number of nitrogens with zero attached hydrogens (tertiary/aromatic N) is 5. The van der Waals surface area contributed by atoms with Gasteiger partial charge in [0.05, 0.1) is 61.5 Å². The van der Waals surface area contributed by atoms with Crippen molar-refractivity contribution in [2.75, 3.05) is 56.7 Å². The number of Topliss-reactive ketones (excluding diaryl/α,β-unsaturated/α-hetero) is 1. The van der Waals surface area contributed by atoms with Crippen LogP contribution in [-0.2, 0) is 25.7 Å². The van der Waals surface area contributed by atoms with Crippen LogP contribution in [0.15, 0.2) is 76.8 Å². The minimum absolute atomic E-state index is 0.0392. The number of aliphatic hydroxyl groups is 1. The Morgan fingerprint density at radius 3 is 2.21 bits per heavy atom. The number of carbonyl (C=O) groups is 6. The predicted octanol–water partition coefficient (Wildman–Crippen LogP) is 8.08. The van der Waals surface area contributed by atoms with E-state index in [2.05, 4.69) is 16.4 Å². The van der Waals surface area contributed by atoms with E-state index in [1.54, 1.807) is 67.5 Å². The van der Waals surface area contributed by atoms with Gasteiger partial charge in [-0.2, -0.15) is 0 Å². The molecule has 5 heterocycles. The van der Waals surface area contributed by atoms with Crippen LogP contribution in [0.1, 0.15) is 117 Å². The van der Waals surface area contributed by atoms with Crippen molar-refractivity contribution >= 4 is 58.8 Å². The zero-order chi connectivity index (χ0) is 51.1. The van der Waals surface area contributed by atoms with Gasteiger partial charge in [-0.25, -0.2) is 9.69 Å². The van der Waals surface area contributed by atoms with E-state index < -0.39 is 18.4 Å². The summed E-state index contributed by atoms with van der Waals surface area (Å²) in [5.41, 5.74) is 5.77. The van der Waals surface area contributed by atoms with Gasteiger partial charge in [0.2, 0.25) is 11.8 Å². The fraction of sp³-hybridized carbons (Fsp3) is 0.473. The average molecular weight is 987 g/mol. The normalized spacial score (nSPS) is 21.4. The van der Waals surface area contributed by atoms with Crippen LogP contribution in [0.25, 0.3) is 0 Å². The number of hydrogen-bond donors (Lipinski definition) is 2. The summed E-state index contributed by atoms with van der Waals surface area (Å²) in [6.45, 7) is 9.56. The second kappa shape index (κ2) is 23.0. The SMILES string of the molecule is C/C=C1\C[C@H]2C=Nc3cc(OCCCCCOc4cc5c(cc4C)C(=O)N4C/C(=C/C)C[C@H]4[C@H](O)N5C(=O)OCc4ccc(NCC(=O)CCCCCN5C(=O)CC(C)C5=O)cc4)c(OC)cc3C(=O)N2C1. The molecule has 3 fully saturated rings. The average Bonchev–Trinajstić information content (AvgIpc) is 4.05. The molecule has 8 rings (SSSR count). The molecule has 3 aromatic rings. The lowest BCUT2D eigenvalue weighted by atomic mass is 10.1. The number of allylic oxidation sites excluding steroid dienone is 2. The fourth-order valence-corrected chi connectivity index (χ4v) is 9.94. The van der Waals surface area contributed by atoms with E-state index in [9.17, 15) is 33.9 Å². The number of rotatable bonds is 20. The standard InChI is InChI=1S/C55H66N6O11/c1-6-36-24-40-29-57-44-27-49(48(69-5)26-42(44)52(65)59(40)31-36)71-21-13-9-12-20-70-47-28-45-43(22-34(47)3)53(66)60-32-37(7-2)25-46(60)54(67)61(45)55(68)72-33-38-15-17-39(18-16-38)56-30-41(62)14-10-8-11-19-58-50(63)23-35(4)51(58)64/h6-7,15-18,22,26-29,35,40,46,54,56,67H,8-14,19-21,23-25,30-33H2,1-5H3/b36-6+,37-7+/t35?,40-,46-,54-/m0/s1. The Morgan fingerprint density at radius 1 is 0.806 bits per heavy atom. The third kappa shape index (κ3) is 11.4. The number of hydrogen-bond acceptors (Lipinski definition) is 13. The van der Waals surface area contributed by atoms with Crippen LogP contribution in [0.5, 0.6) is 17.2 Å². The first-order chi connectivity index (χ1) is 34.8. The first-order valence-corrected chi connectivity index (χ1v) is 25.2. The van der Waals surface area contributed by atoms with Crippen molar-refractivity contribution in [2.24, 2.45) is 10.9 Å². The number of ketones is 1. The van der Waals surface area contributed by atoms with E-state index in [0.29, 0.717) is 117 Å². The van der Waals surface area contributed by atoms with Crippen LogP contribution >= 0.6 is 0 Å². The number of imide groups is 1. The number of carbonyl (C=O) groups excluding carboxylic acids is 6. The summed E-state index contributed by atoms with van der Waals surface area (Å²) >= 11 is 0. The van der Waals surface area contributed by atoms with E-state index in [4.69, 9.17) is 18.9 Å². The highest BCUT2D eigenvalue weighted by molar-refractivity contribution is 6.06. The molecule has 3 saturated heterocycles. The summed E-state index contributed by atoms with van der Waals surface area (Å²) in [4.78, 5) is 89.1. The third-order valence-electron chi connectivity index (χ3n) is 14.2. The molecule has 0 aliphatic carbocycles. The summed E-state index contributed by atoms with van der Waals surface area (Å²) in [6.07, 6.45) is 9.63. The molecule has 2 N–H and O–H groups in total. The Bertz CT molecular complexity index is 2660. The van der Waals surface area contributed by atoms with Gasteiger partial charge < -0.3 is 39.2 Å². The number of aliphatic hydroxyl groups excluding tert-OH is 1. The molecule has 0 aromatic heterocycles. The molecule has 382 valence electrons. The number of aryl methyl sites for hydroxylation is 1. The molecule has 17 heteroatoms. The van der Waals surface area contributed by atoms with Crippen molar-refractivity contribution in [3.8, 4) is 17.2 Å².